The van der Waals surface area contributed by atoms with Crippen LogP contribution in [0, 0.1) is 6.92 Å². The van der Waals surface area contributed by atoms with E-state index in [1.807, 2.05) is 0 Å². The zero-order valence-corrected chi connectivity index (χ0v) is 12.9. The fourth-order valence-corrected chi connectivity index (χ4v) is 3.90. The van der Waals surface area contributed by atoms with Crippen LogP contribution in [0.1, 0.15) is 15.2 Å². The van der Waals surface area contributed by atoms with Crippen LogP contribution in [0.15, 0.2) is 34.5 Å². The van der Waals surface area contributed by atoms with E-state index < -0.39 is 16.0 Å². The smallest absolute Gasteiger partial charge is 0.345 e. The van der Waals surface area contributed by atoms with Gasteiger partial charge in [0.15, 0.2) is 0 Å². The molecule has 0 bridgehead atoms. The van der Waals surface area contributed by atoms with Crippen molar-refractivity contribution in [2.45, 2.75) is 11.8 Å². The van der Waals surface area contributed by atoms with Crippen molar-refractivity contribution in [1.29, 1.82) is 0 Å². The number of aryl methyl sites for hydroxylation is 1. The Hall–Kier alpha value is -2.06. The van der Waals surface area contributed by atoms with E-state index in [9.17, 15) is 13.2 Å². The fourth-order valence-electron chi connectivity index (χ4n) is 1.65. The molecule has 0 saturated heterocycles. The van der Waals surface area contributed by atoms with Crippen LogP contribution in [0.2, 0.25) is 0 Å². The molecule has 2 rings (SSSR count). The topological polar surface area (TPSA) is 92.7 Å². The number of carbonyl (C=O) groups is 1. The first kappa shape index (κ1) is 15.3. The molecule has 21 heavy (non-hydrogen) atoms. The van der Waals surface area contributed by atoms with E-state index in [1.165, 1.54) is 12.5 Å². The van der Waals surface area contributed by atoms with Gasteiger partial charge in [0, 0.05) is 5.38 Å². The number of ether oxygens (including phenoxy) is 1. The summed E-state index contributed by atoms with van der Waals surface area (Å²) in [5.74, 6) is -0.527. The zero-order valence-electron chi connectivity index (χ0n) is 11.3. The number of hydrogen-bond donors (Lipinski definition) is 2. The van der Waals surface area contributed by atoms with Gasteiger partial charge in [-0.1, -0.05) is 0 Å². The van der Waals surface area contributed by atoms with Crippen LogP contribution in [-0.2, 0) is 10.0 Å². The second kappa shape index (κ2) is 5.74. The van der Waals surface area contributed by atoms with Gasteiger partial charge in [-0.15, -0.1) is 11.3 Å². The van der Waals surface area contributed by atoms with Crippen LogP contribution in [-0.4, -0.2) is 26.6 Å². The zero-order chi connectivity index (χ0) is 15.6. The Morgan fingerprint density at radius 2 is 2.05 bits per heavy atom. The maximum absolute atomic E-state index is 12.2. The molecule has 6 nitrogen and oxygen atoms in total. The first-order valence-corrected chi connectivity index (χ1v) is 8.19. The Balaban J connectivity index is 2.30. The molecule has 1 heterocycles. The molecule has 112 valence electrons. The summed E-state index contributed by atoms with van der Waals surface area (Å²) < 4.78 is 31.9. The van der Waals surface area contributed by atoms with Crippen molar-refractivity contribution in [3.05, 3.63) is 40.1 Å². The first-order chi connectivity index (χ1) is 9.83. The van der Waals surface area contributed by atoms with Crippen molar-refractivity contribution in [1.82, 2.24) is 0 Å². The molecule has 2 N–H and O–H groups in total. The van der Waals surface area contributed by atoms with Crippen LogP contribution >= 0.6 is 11.3 Å². The second-order valence-corrected chi connectivity index (χ2v) is 6.83. The van der Waals surface area contributed by atoms with Gasteiger partial charge >= 0.3 is 5.97 Å². The molecular weight excluding hydrogens is 314 g/mol. The van der Waals surface area contributed by atoms with Crippen molar-refractivity contribution < 1.29 is 23.1 Å². The molecule has 0 amide bonds. The number of rotatable bonds is 5. The quantitative estimate of drug-likeness (QED) is 0.880. The van der Waals surface area contributed by atoms with Gasteiger partial charge in [-0.2, -0.15) is 0 Å². The largest absolute Gasteiger partial charge is 0.497 e. The standard InChI is InChI=1S/C13H13NO5S2/c1-8-5-9(19-2)3-4-11(8)14-21(17,18)10-6-12(13(15)16)20-7-10/h3-7,14H,1-2H3,(H,15,16). The van der Waals surface area contributed by atoms with Crippen molar-refractivity contribution in [3.8, 4) is 5.75 Å². The van der Waals surface area contributed by atoms with E-state index in [0.29, 0.717) is 17.0 Å². The molecule has 0 atom stereocenters. The molecule has 0 saturated carbocycles. The summed E-state index contributed by atoms with van der Waals surface area (Å²) in [5.41, 5.74) is 1.12. The number of carboxylic acids is 1. The third kappa shape index (κ3) is 3.34. The SMILES string of the molecule is COc1ccc(NS(=O)(=O)c2csc(C(=O)O)c2)c(C)c1. The molecule has 0 spiro atoms. The van der Waals surface area contributed by atoms with Crippen molar-refractivity contribution in [3.63, 3.8) is 0 Å². The molecule has 0 radical (unpaired) electrons. The molecule has 1 aromatic carbocycles. The molecule has 0 aliphatic carbocycles. The highest BCUT2D eigenvalue weighted by Crippen LogP contribution is 2.26. The van der Waals surface area contributed by atoms with Crippen LogP contribution in [0.3, 0.4) is 0 Å². The number of aromatic carboxylic acids is 1. The summed E-state index contributed by atoms with van der Waals surface area (Å²) >= 11 is 0.867. The third-order valence-corrected chi connectivity index (χ3v) is 5.19. The van der Waals surface area contributed by atoms with Crippen LogP contribution < -0.4 is 9.46 Å². The Kier molecular flexibility index (Phi) is 4.19. The van der Waals surface area contributed by atoms with Gasteiger partial charge in [0.2, 0.25) is 0 Å². The van der Waals surface area contributed by atoms with Crippen LogP contribution in [0.4, 0.5) is 5.69 Å². The maximum atomic E-state index is 12.2. The van der Waals surface area contributed by atoms with E-state index in [1.54, 1.807) is 25.1 Å². The number of hydrogen-bond acceptors (Lipinski definition) is 5. The number of anilines is 1. The highest BCUT2D eigenvalue weighted by atomic mass is 32.2. The fraction of sp³-hybridized carbons (Fsp3) is 0.154. The Labute approximate surface area is 126 Å². The van der Waals surface area contributed by atoms with Gasteiger partial charge in [0.05, 0.1) is 17.7 Å². The summed E-state index contributed by atoms with van der Waals surface area (Å²) in [5, 5.41) is 10.1. The lowest BCUT2D eigenvalue weighted by Gasteiger charge is -2.10. The predicted octanol–water partition coefficient (Wildman–Crippen LogP) is 2.56. The molecule has 0 unspecified atom stereocenters. The van der Waals surface area contributed by atoms with Crippen LogP contribution in [0.5, 0.6) is 5.75 Å². The second-order valence-electron chi connectivity index (χ2n) is 4.24. The van der Waals surface area contributed by atoms with Gasteiger partial charge in [0.25, 0.3) is 10.0 Å². The van der Waals surface area contributed by atoms with Gasteiger partial charge in [0.1, 0.15) is 10.6 Å². The molecule has 8 heteroatoms. The van der Waals surface area contributed by atoms with E-state index >= 15 is 0 Å². The molecule has 0 fully saturated rings. The molecule has 0 aliphatic heterocycles. The normalized spacial score (nSPS) is 11.1. The average Bonchev–Trinajstić information content (AvgIpc) is 2.91. The molecular formula is C13H13NO5S2. The van der Waals surface area contributed by atoms with Crippen LogP contribution in [0.25, 0.3) is 0 Å². The van der Waals surface area contributed by atoms with Gasteiger partial charge in [-0.05, 0) is 36.8 Å². The van der Waals surface area contributed by atoms with Gasteiger partial charge < -0.3 is 9.84 Å². The lowest BCUT2D eigenvalue weighted by Crippen LogP contribution is -2.13. The maximum Gasteiger partial charge on any atom is 0.345 e. The molecule has 2 aromatic rings. The average molecular weight is 327 g/mol. The number of carboxylic acid groups (broad SMARTS) is 1. The molecule has 1 aromatic heterocycles. The summed E-state index contributed by atoms with van der Waals surface area (Å²) in [6.45, 7) is 1.75. The summed E-state index contributed by atoms with van der Waals surface area (Å²) in [4.78, 5) is 10.7. The Bertz CT molecular complexity index is 780. The van der Waals surface area contributed by atoms with E-state index in [4.69, 9.17) is 9.84 Å². The van der Waals surface area contributed by atoms with Gasteiger partial charge in [-0.3, -0.25) is 4.72 Å². The van der Waals surface area contributed by atoms with Crippen molar-refractivity contribution in [2.75, 3.05) is 11.8 Å². The lowest BCUT2D eigenvalue weighted by molar-refractivity contribution is 0.0702. The minimum absolute atomic E-state index is 0.0261. The first-order valence-electron chi connectivity index (χ1n) is 5.83. The van der Waals surface area contributed by atoms with Crippen molar-refractivity contribution >= 4 is 33.0 Å². The van der Waals surface area contributed by atoms with E-state index in [0.717, 1.165) is 17.4 Å². The minimum Gasteiger partial charge on any atom is -0.497 e. The van der Waals surface area contributed by atoms with Gasteiger partial charge in [-0.25, -0.2) is 13.2 Å². The highest BCUT2D eigenvalue weighted by Gasteiger charge is 2.19. The minimum atomic E-state index is -3.81. The predicted molar refractivity (Wildman–Crippen MR) is 79.8 cm³/mol. The molecule has 0 aliphatic rings. The number of benzene rings is 1. The number of thiophene rings is 1. The highest BCUT2D eigenvalue weighted by molar-refractivity contribution is 7.92. The lowest BCUT2D eigenvalue weighted by atomic mass is 10.2. The Morgan fingerprint density at radius 1 is 1.33 bits per heavy atom. The monoisotopic (exact) mass is 327 g/mol. The Morgan fingerprint density at radius 3 is 2.57 bits per heavy atom. The van der Waals surface area contributed by atoms with E-state index in [2.05, 4.69) is 4.72 Å². The third-order valence-electron chi connectivity index (χ3n) is 2.77. The number of methoxy groups -OCH3 is 1. The van der Waals surface area contributed by atoms with Crippen molar-refractivity contribution in [2.24, 2.45) is 0 Å². The number of sulfonamides is 1. The summed E-state index contributed by atoms with van der Waals surface area (Å²) in [6.07, 6.45) is 0. The number of nitrogens with one attached hydrogen (secondary N) is 1. The summed E-state index contributed by atoms with van der Waals surface area (Å²) in [7, 11) is -2.29. The summed E-state index contributed by atoms with van der Waals surface area (Å²) in [6, 6.07) is 6.07. The van der Waals surface area contributed by atoms with E-state index in [-0.39, 0.29) is 9.77 Å².